The number of benzene rings is 1. The van der Waals surface area contributed by atoms with Crippen molar-refractivity contribution in [1.29, 1.82) is 0 Å². The van der Waals surface area contributed by atoms with E-state index in [9.17, 15) is 15.0 Å². The largest absolute Gasteiger partial charge is 0.485 e. The van der Waals surface area contributed by atoms with Gasteiger partial charge in [-0.1, -0.05) is 30.3 Å². The van der Waals surface area contributed by atoms with Crippen molar-refractivity contribution in [3.8, 4) is 5.75 Å². The highest BCUT2D eigenvalue weighted by atomic mass is 16.5. The lowest BCUT2D eigenvalue weighted by Crippen LogP contribution is -2.28. The van der Waals surface area contributed by atoms with Gasteiger partial charge >= 0.3 is 6.09 Å². The van der Waals surface area contributed by atoms with Crippen LogP contribution in [0.5, 0.6) is 5.75 Å². The molecule has 1 aromatic carbocycles. The minimum absolute atomic E-state index is 0.207. The molecule has 0 saturated heterocycles. The van der Waals surface area contributed by atoms with Crippen molar-refractivity contribution in [1.82, 2.24) is 4.98 Å². The highest BCUT2D eigenvalue weighted by Crippen LogP contribution is 2.33. The molecule has 7 nitrogen and oxygen atoms in total. The van der Waals surface area contributed by atoms with Crippen LogP contribution in [0.15, 0.2) is 36.5 Å². The Bertz CT molecular complexity index is 691. The molecule has 0 radical (unpaired) electrons. The van der Waals surface area contributed by atoms with E-state index < -0.39 is 6.09 Å². The molecule has 0 aliphatic rings. The molecule has 0 unspecified atom stereocenters. The minimum Gasteiger partial charge on any atom is -0.485 e. The standard InChI is InChI=1S/C17H20N2O5/c1-19(17(22)23-2)16-15(14(10-21)13(9-20)8-18-16)24-11-12-6-4-3-5-7-12/h3-8,20-21H,9-11H2,1-2H3. The van der Waals surface area contributed by atoms with Crippen LogP contribution in [0.4, 0.5) is 10.6 Å². The van der Waals surface area contributed by atoms with E-state index in [2.05, 4.69) is 4.98 Å². The van der Waals surface area contributed by atoms with Crippen molar-refractivity contribution in [3.63, 3.8) is 0 Å². The number of pyridine rings is 1. The molecule has 1 heterocycles. The molecular formula is C17H20N2O5. The Morgan fingerprint density at radius 2 is 1.92 bits per heavy atom. The van der Waals surface area contributed by atoms with Crippen LogP contribution in [0.1, 0.15) is 16.7 Å². The number of nitrogens with zero attached hydrogens (tertiary/aromatic N) is 2. The van der Waals surface area contributed by atoms with Crippen molar-refractivity contribution < 1.29 is 24.5 Å². The zero-order valence-electron chi connectivity index (χ0n) is 13.6. The number of carbonyl (C=O) groups is 1. The van der Waals surface area contributed by atoms with Gasteiger partial charge in [0.1, 0.15) is 6.61 Å². The second-order valence-electron chi connectivity index (χ2n) is 5.03. The molecule has 128 valence electrons. The maximum absolute atomic E-state index is 11.8. The minimum atomic E-state index is -0.618. The van der Waals surface area contributed by atoms with E-state index in [1.54, 1.807) is 0 Å². The predicted molar refractivity (Wildman–Crippen MR) is 87.7 cm³/mol. The first-order chi connectivity index (χ1) is 11.6. The summed E-state index contributed by atoms with van der Waals surface area (Å²) in [5.41, 5.74) is 1.74. The van der Waals surface area contributed by atoms with Gasteiger partial charge in [-0.25, -0.2) is 9.78 Å². The molecule has 0 atom stereocenters. The number of ether oxygens (including phenoxy) is 2. The van der Waals surface area contributed by atoms with Gasteiger partial charge in [0.15, 0.2) is 11.6 Å². The van der Waals surface area contributed by atoms with Gasteiger partial charge in [0, 0.05) is 24.4 Å². The zero-order chi connectivity index (χ0) is 17.5. The molecule has 0 aliphatic carbocycles. The third kappa shape index (κ3) is 3.81. The summed E-state index contributed by atoms with van der Waals surface area (Å²) < 4.78 is 10.5. The van der Waals surface area contributed by atoms with Crippen molar-refractivity contribution in [3.05, 3.63) is 53.2 Å². The number of anilines is 1. The van der Waals surface area contributed by atoms with Crippen LogP contribution in [0.25, 0.3) is 0 Å². The van der Waals surface area contributed by atoms with Gasteiger partial charge in [0.05, 0.1) is 20.3 Å². The average molecular weight is 332 g/mol. The van der Waals surface area contributed by atoms with E-state index in [0.29, 0.717) is 11.1 Å². The van der Waals surface area contributed by atoms with E-state index in [1.807, 2.05) is 30.3 Å². The van der Waals surface area contributed by atoms with Crippen molar-refractivity contribution >= 4 is 11.9 Å². The van der Waals surface area contributed by atoms with E-state index >= 15 is 0 Å². The number of amides is 1. The van der Waals surface area contributed by atoms with Crippen LogP contribution in [0.2, 0.25) is 0 Å². The van der Waals surface area contributed by atoms with Gasteiger partial charge in [-0.05, 0) is 5.56 Å². The summed E-state index contributed by atoms with van der Waals surface area (Å²) in [5.74, 6) is 0.444. The Hall–Kier alpha value is -2.64. The lowest BCUT2D eigenvalue weighted by molar-refractivity contribution is 0.179. The summed E-state index contributed by atoms with van der Waals surface area (Å²) in [6.07, 6.45) is 0.781. The fraction of sp³-hybridized carbons (Fsp3) is 0.294. The summed E-state index contributed by atoms with van der Waals surface area (Å²) in [7, 11) is 2.75. The van der Waals surface area contributed by atoms with Gasteiger partial charge in [-0.15, -0.1) is 0 Å². The van der Waals surface area contributed by atoms with Crippen molar-refractivity contribution in [2.45, 2.75) is 19.8 Å². The molecule has 0 spiro atoms. The van der Waals surface area contributed by atoms with Crippen LogP contribution >= 0.6 is 0 Å². The van der Waals surface area contributed by atoms with Crippen LogP contribution in [0.3, 0.4) is 0 Å². The lowest BCUT2D eigenvalue weighted by Gasteiger charge is -2.21. The monoisotopic (exact) mass is 332 g/mol. The topological polar surface area (TPSA) is 92.1 Å². The van der Waals surface area contributed by atoms with Crippen molar-refractivity contribution in [2.75, 3.05) is 19.1 Å². The number of methoxy groups -OCH3 is 1. The van der Waals surface area contributed by atoms with Gasteiger partial charge in [-0.2, -0.15) is 0 Å². The van der Waals surface area contributed by atoms with Crippen molar-refractivity contribution in [2.24, 2.45) is 0 Å². The van der Waals surface area contributed by atoms with E-state index in [4.69, 9.17) is 9.47 Å². The van der Waals surface area contributed by atoms with Gasteiger partial charge < -0.3 is 19.7 Å². The maximum atomic E-state index is 11.8. The summed E-state index contributed by atoms with van der Waals surface area (Å²) in [4.78, 5) is 17.1. The molecule has 0 aliphatic heterocycles. The van der Waals surface area contributed by atoms with E-state index in [0.717, 1.165) is 5.56 Å². The van der Waals surface area contributed by atoms with Crippen LogP contribution < -0.4 is 9.64 Å². The number of carbonyl (C=O) groups excluding carboxylic acids is 1. The Morgan fingerprint density at radius 3 is 2.50 bits per heavy atom. The SMILES string of the molecule is COC(=O)N(C)c1ncc(CO)c(CO)c1OCc1ccccc1. The highest BCUT2D eigenvalue weighted by molar-refractivity contribution is 5.87. The number of hydrogen-bond acceptors (Lipinski definition) is 6. The Morgan fingerprint density at radius 1 is 1.21 bits per heavy atom. The third-order valence-electron chi connectivity index (χ3n) is 3.53. The van der Waals surface area contributed by atoms with Gasteiger partial charge in [0.25, 0.3) is 0 Å². The first-order valence-electron chi connectivity index (χ1n) is 7.33. The first-order valence-corrected chi connectivity index (χ1v) is 7.33. The average Bonchev–Trinajstić information content (AvgIpc) is 2.64. The van der Waals surface area contributed by atoms with Crippen LogP contribution in [0, 0.1) is 0 Å². The number of aliphatic hydroxyl groups excluding tert-OH is 2. The fourth-order valence-corrected chi connectivity index (χ4v) is 2.21. The van der Waals surface area contributed by atoms with Crippen LogP contribution in [-0.2, 0) is 24.6 Å². The van der Waals surface area contributed by atoms with E-state index in [-0.39, 0.29) is 31.4 Å². The molecule has 0 saturated carbocycles. The first kappa shape index (κ1) is 17.7. The molecule has 2 rings (SSSR count). The quantitative estimate of drug-likeness (QED) is 0.839. The number of aliphatic hydroxyl groups is 2. The van der Waals surface area contributed by atoms with E-state index in [1.165, 1.54) is 25.3 Å². The fourth-order valence-electron chi connectivity index (χ4n) is 2.21. The molecule has 1 amide bonds. The summed E-state index contributed by atoms with van der Waals surface area (Å²) >= 11 is 0. The maximum Gasteiger partial charge on any atom is 0.415 e. The molecule has 0 bridgehead atoms. The smallest absolute Gasteiger partial charge is 0.415 e. The second-order valence-corrected chi connectivity index (χ2v) is 5.03. The number of aromatic nitrogens is 1. The summed E-state index contributed by atoms with van der Waals surface area (Å²) in [5, 5.41) is 19.1. The molecular weight excluding hydrogens is 312 g/mol. The number of hydrogen-bond donors (Lipinski definition) is 2. The normalized spacial score (nSPS) is 10.3. The Labute approximate surface area is 140 Å². The molecule has 0 fully saturated rings. The summed E-state index contributed by atoms with van der Waals surface area (Å²) in [6, 6.07) is 9.45. The third-order valence-corrected chi connectivity index (χ3v) is 3.53. The highest BCUT2D eigenvalue weighted by Gasteiger charge is 2.22. The molecule has 24 heavy (non-hydrogen) atoms. The molecule has 1 aromatic heterocycles. The number of rotatable bonds is 6. The van der Waals surface area contributed by atoms with Crippen LogP contribution in [-0.4, -0.2) is 35.4 Å². The predicted octanol–water partition coefficient (Wildman–Crippen LogP) is 1.85. The Kier molecular flexibility index (Phi) is 6.11. The van der Waals surface area contributed by atoms with Gasteiger partial charge in [-0.3, -0.25) is 4.90 Å². The zero-order valence-corrected chi connectivity index (χ0v) is 13.6. The van der Waals surface area contributed by atoms with Gasteiger partial charge in [0.2, 0.25) is 0 Å². The molecule has 2 N–H and O–H groups in total. The Balaban J connectivity index is 2.41. The molecule has 7 heteroatoms. The molecule has 2 aromatic rings. The summed E-state index contributed by atoms with van der Waals surface area (Å²) in [6.45, 7) is -0.427. The lowest BCUT2D eigenvalue weighted by atomic mass is 10.1. The second kappa shape index (κ2) is 8.28.